The quantitative estimate of drug-likeness (QED) is 0.368. The lowest BCUT2D eigenvalue weighted by atomic mass is 10.0. The zero-order valence-corrected chi connectivity index (χ0v) is 18.4. The smallest absolute Gasteiger partial charge is 0.239 e. The highest BCUT2D eigenvalue weighted by Crippen LogP contribution is 2.28. The zero-order chi connectivity index (χ0) is 21.3. The molecule has 1 N–H and O–H groups in total. The fourth-order valence-electron chi connectivity index (χ4n) is 2.98. The molecule has 2 aromatic rings. The zero-order valence-electron chi connectivity index (χ0n) is 17.6. The van der Waals surface area contributed by atoms with E-state index in [0.29, 0.717) is 29.7 Å². The highest BCUT2D eigenvalue weighted by molar-refractivity contribution is 8.15. The first-order chi connectivity index (χ1) is 14.6. The summed E-state index contributed by atoms with van der Waals surface area (Å²) < 4.78 is 11.1. The predicted octanol–water partition coefficient (Wildman–Crippen LogP) is 4.35. The van der Waals surface area contributed by atoms with Gasteiger partial charge in [0.1, 0.15) is 0 Å². The number of carbonyl (C=O) groups is 1. The van der Waals surface area contributed by atoms with E-state index in [1.807, 2.05) is 30.3 Å². The van der Waals surface area contributed by atoms with Gasteiger partial charge in [-0.2, -0.15) is 5.10 Å². The van der Waals surface area contributed by atoms with Gasteiger partial charge in [0.25, 0.3) is 0 Å². The standard InChI is InChI=1S/C23H27N3O3S/c1-4-5-12-29-19-11-10-17(13-20(19)28-3)15-24-26-23-25-22(27)21(30-23)14-18-9-7-6-8-16(18)2/h6-11,13,15,21H,4-5,12,14H2,1-3H3,(H,25,26,27). The second-order valence-electron chi connectivity index (χ2n) is 6.99. The molecule has 0 radical (unpaired) electrons. The van der Waals surface area contributed by atoms with Crippen molar-refractivity contribution in [3.05, 3.63) is 59.2 Å². The maximum atomic E-state index is 12.3. The average Bonchev–Trinajstić information content (AvgIpc) is 3.09. The van der Waals surface area contributed by atoms with Crippen LogP contribution in [0.2, 0.25) is 0 Å². The predicted molar refractivity (Wildman–Crippen MR) is 123 cm³/mol. The highest BCUT2D eigenvalue weighted by Gasteiger charge is 2.30. The van der Waals surface area contributed by atoms with Crippen LogP contribution < -0.4 is 14.8 Å². The largest absolute Gasteiger partial charge is 0.493 e. The number of aryl methyl sites for hydroxylation is 1. The Hall–Kier alpha value is -2.80. The van der Waals surface area contributed by atoms with Crippen LogP contribution in [0.4, 0.5) is 0 Å². The molecule has 2 aromatic carbocycles. The summed E-state index contributed by atoms with van der Waals surface area (Å²) in [5.74, 6) is 1.34. The van der Waals surface area contributed by atoms with Crippen molar-refractivity contribution < 1.29 is 14.3 Å². The summed E-state index contributed by atoms with van der Waals surface area (Å²) in [7, 11) is 1.61. The summed E-state index contributed by atoms with van der Waals surface area (Å²) >= 11 is 1.41. The Labute approximate surface area is 181 Å². The molecule has 0 aromatic heterocycles. The van der Waals surface area contributed by atoms with Gasteiger partial charge in [0.05, 0.1) is 25.2 Å². The molecule has 30 heavy (non-hydrogen) atoms. The molecular formula is C23H27N3O3S. The van der Waals surface area contributed by atoms with Crippen molar-refractivity contribution >= 4 is 29.1 Å². The maximum Gasteiger partial charge on any atom is 0.239 e. The van der Waals surface area contributed by atoms with E-state index in [9.17, 15) is 4.79 Å². The fraction of sp³-hybridized carbons (Fsp3) is 0.348. The summed E-state index contributed by atoms with van der Waals surface area (Å²) in [5.41, 5.74) is 3.19. The maximum absolute atomic E-state index is 12.3. The number of amides is 1. The molecular weight excluding hydrogens is 398 g/mol. The number of hydrogen-bond acceptors (Lipinski definition) is 6. The van der Waals surface area contributed by atoms with Gasteiger partial charge in [0, 0.05) is 0 Å². The lowest BCUT2D eigenvalue weighted by Crippen LogP contribution is -2.26. The molecule has 1 heterocycles. The second kappa shape index (κ2) is 10.8. The van der Waals surface area contributed by atoms with Crippen LogP contribution in [0.15, 0.2) is 52.7 Å². The lowest BCUT2D eigenvalue weighted by molar-refractivity contribution is -0.118. The molecule has 1 unspecified atom stereocenters. The van der Waals surface area contributed by atoms with Gasteiger partial charge in [-0.25, -0.2) is 0 Å². The molecule has 1 atom stereocenters. The number of hydrogen-bond donors (Lipinski definition) is 1. The van der Waals surface area contributed by atoms with Gasteiger partial charge in [0.2, 0.25) is 5.91 Å². The minimum Gasteiger partial charge on any atom is -0.493 e. The Kier molecular flexibility index (Phi) is 7.90. The first-order valence-electron chi connectivity index (χ1n) is 10.0. The van der Waals surface area contributed by atoms with E-state index in [1.54, 1.807) is 13.3 Å². The molecule has 1 aliphatic rings. The number of methoxy groups -OCH3 is 1. The molecule has 158 valence electrons. The number of rotatable bonds is 9. The minimum atomic E-state index is -0.195. The number of nitrogens with zero attached hydrogens (tertiary/aromatic N) is 2. The van der Waals surface area contributed by atoms with E-state index in [4.69, 9.17) is 9.47 Å². The normalized spacial score (nSPS) is 17.5. The van der Waals surface area contributed by atoms with Crippen LogP contribution in [-0.4, -0.2) is 36.3 Å². The van der Waals surface area contributed by atoms with Crippen LogP contribution in [0.1, 0.15) is 36.5 Å². The Morgan fingerprint density at radius 3 is 2.80 bits per heavy atom. The van der Waals surface area contributed by atoms with Crippen molar-refractivity contribution in [1.82, 2.24) is 5.32 Å². The van der Waals surface area contributed by atoms with E-state index >= 15 is 0 Å². The summed E-state index contributed by atoms with van der Waals surface area (Å²) in [6.07, 6.45) is 4.38. The number of ether oxygens (including phenoxy) is 2. The molecule has 1 saturated heterocycles. The molecule has 1 aliphatic heterocycles. The van der Waals surface area contributed by atoms with Crippen molar-refractivity contribution in [1.29, 1.82) is 0 Å². The molecule has 0 spiro atoms. The second-order valence-corrected chi connectivity index (χ2v) is 8.18. The molecule has 7 heteroatoms. The average molecular weight is 426 g/mol. The van der Waals surface area contributed by atoms with Crippen molar-refractivity contribution in [2.45, 2.75) is 38.4 Å². The lowest BCUT2D eigenvalue weighted by Gasteiger charge is -2.10. The van der Waals surface area contributed by atoms with Crippen LogP contribution in [0.25, 0.3) is 0 Å². The van der Waals surface area contributed by atoms with Crippen LogP contribution >= 0.6 is 11.8 Å². The topological polar surface area (TPSA) is 72.3 Å². The third-order valence-corrected chi connectivity index (χ3v) is 5.81. The van der Waals surface area contributed by atoms with Gasteiger partial charge >= 0.3 is 0 Å². The van der Waals surface area contributed by atoms with Crippen molar-refractivity contribution in [3.63, 3.8) is 0 Å². The van der Waals surface area contributed by atoms with Crippen LogP contribution in [0.5, 0.6) is 11.5 Å². The summed E-state index contributed by atoms with van der Waals surface area (Å²) in [6, 6.07) is 13.7. The van der Waals surface area contributed by atoms with Crippen molar-refractivity contribution in [2.75, 3.05) is 13.7 Å². The van der Waals surface area contributed by atoms with Gasteiger partial charge in [-0.05, 0) is 54.7 Å². The molecule has 0 aliphatic carbocycles. The molecule has 1 fully saturated rings. The number of thioether (sulfide) groups is 1. The number of nitrogens with one attached hydrogen (secondary N) is 1. The van der Waals surface area contributed by atoms with Gasteiger partial charge in [-0.15, -0.1) is 5.10 Å². The molecule has 0 saturated carbocycles. The minimum absolute atomic E-state index is 0.0348. The summed E-state index contributed by atoms with van der Waals surface area (Å²) in [6.45, 7) is 4.84. The molecule has 0 bridgehead atoms. The van der Waals surface area contributed by atoms with E-state index in [0.717, 1.165) is 18.4 Å². The monoisotopic (exact) mass is 425 g/mol. The Morgan fingerprint density at radius 2 is 2.03 bits per heavy atom. The number of unbranched alkanes of at least 4 members (excludes halogenated alkanes) is 1. The van der Waals surface area contributed by atoms with Gasteiger partial charge in [0.15, 0.2) is 16.7 Å². The Balaban J connectivity index is 1.61. The Morgan fingerprint density at radius 1 is 1.20 bits per heavy atom. The van der Waals surface area contributed by atoms with E-state index in [1.165, 1.54) is 22.9 Å². The molecule has 1 amide bonds. The van der Waals surface area contributed by atoms with Gasteiger partial charge < -0.3 is 14.8 Å². The van der Waals surface area contributed by atoms with Crippen molar-refractivity contribution in [3.8, 4) is 11.5 Å². The third kappa shape index (κ3) is 5.86. The number of carbonyl (C=O) groups excluding carboxylic acids is 1. The van der Waals surface area contributed by atoms with E-state index < -0.39 is 0 Å². The van der Waals surface area contributed by atoms with Crippen LogP contribution in [0, 0.1) is 6.92 Å². The number of benzene rings is 2. The number of amidine groups is 1. The first kappa shape index (κ1) is 21.9. The van der Waals surface area contributed by atoms with Gasteiger partial charge in [-0.3, -0.25) is 4.79 Å². The third-order valence-electron chi connectivity index (χ3n) is 4.74. The van der Waals surface area contributed by atoms with Crippen LogP contribution in [0.3, 0.4) is 0 Å². The van der Waals surface area contributed by atoms with E-state index in [2.05, 4.69) is 41.5 Å². The van der Waals surface area contributed by atoms with Gasteiger partial charge in [-0.1, -0.05) is 49.4 Å². The van der Waals surface area contributed by atoms with Crippen molar-refractivity contribution in [2.24, 2.45) is 10.2 Å². The first-order valence-corrected chi connectivity index (χ1v) is 10.9. The Bertz CT molecular complexity index is 943. The van der Waals surface area contributed by atoms with Crippen LogP contribution in [-0.2, 0) is 11.2 Å². The molecule has 6 nitrogen and oxygen atoms in total. The summed E-state index contributed by atoms with van der Waals surface area (Å²) in [5, 5.41) is 11.4. The van der Waals surface area contributed by atoms with E-state index in [-0.39, 0.29) is 11.2 Å². The SMILES string of the molecule is CCCCOc1ccc(C=NN=C2NC(=O)C(Cc3ccccc3C)S2)cc1OC. The fourth-order valence-corrected chi connectivity index (χ4v) is 3.94. The highest BCUT2D eigenvalue weighted by atomic mass is 32.2. The molecule has 3 rings (SSSR count). The summed E-state index contributed by atoms with van der Waals surface area (Å²) in [4.78, 5) is 12.3.